The van der Waals surface area contributed by atoms with Crippen LogP contribution >= 0.6 is 0 Å². The van der Waals surface area contributed by atoms with Crippen LogP contribution in [0.4, 0.5) is 0 Å². The van der Waals surface area contributed by atoms with Crippen molar-refractivity contribution < 1.29 is 14.4 Å². The number of carbonyl (C=O) groups excluding carboxylic acids is 2. The van der Waals surface area contributed by atoms with Gasteiger partial charge in [-0.2, -0.15) is 10.2 Å². The van der Waals surface area contributed by atoms with Gasteiger partial charge in [-0.05, 0) is 24.6 Å². The monoisotopic (exact) mass is 273 g/mol. The summed E-state index contributed by atoms with van der Waals surface area (Å²) in [5.74, 6) is 0.560. The lowest BCUT2D eigenvalue weighted by molar-refractivity contribution is -0.154. The summed E-state index contributed by atoms with van der Waals surface area (Å²) in [4.78, 5) is 28.3. The summed E-state index contributed by atoms with van der Waals surface area (Å²) in [5, 5.41) is 5.36. The molecule has 104 valence electrons. The van der Waals surface area contributed by atoms with Crippen molar-refractivity contribution in [3.63, 3.8) is 0 Å². The number of hydrazone groups is 1. The van der Waals surface area contributed by atoms with Gasteiger partial charge in [0.2, 0.25) is 5.91 Å². The molecule has 0 aliphatic carbocycles. The molecular formula is C14H15N3O3. The Kier molecular flexibility index (Phi) is 2.93. The number of hydrogen-bond donors (Lipinski definition) is 1. The molecule has 6 nitrogen and oxygen atoms in total. The van der Waals surface area contributed by atoms with Crippen LogP contribution in [-0.2, 0) is 16.0 Å². The van der Waals surface area contributed by atoms with Gasteiger partial charge in [0.25, 0.3) is 5.91 Å². The molecule has 2 amide bonds. The lowest BCUT2D eigenvalue weighted by Crippen LogP contribution is -2.35. The fourth-order valence-electron chi connectivity index (χ4n) is 2.40. The number of carbonyl (C=O) groups is 2. The number of nitrogens with one attached hydrogen (secondary N) is 1. The van der Waals surface area contributed by atoms with Crippen molar-refractivity contribution in [2.45, 2.75) is 26.2 Å². The minimum absolute atomic E-state index is 0.0653. The predicted molar refractivity (Wildman–Crippen MR) is 72.2 cm³/mol. The third kappa shape index (κ3) is 2.13. The Hall–Kier alpha value is -2.37. The molecule has 0 saturated heterocycles. The van der Waals surface area contributed by atoms with Crippen LogP contribution in [-0.4, -0.2) is 29.6 Å². The predicted octanol–water partition coefficient (Wildman–Crippen LogP) is 0.917. The van der Waals surface area contributed by atoms with Crippen LogP contribution in [0.25, 0.3) is 0 Å². The number of rotatable bonds is 1. The van der Waals surface area contributed by atoms with E-state index in [9.17, 15) is 9.59 Å². The van der Waals surface area contributed by atoms with E-state index in [1.165, 1.54) is 5.06 Å². The molecule has 2 aliphatic heterocycles. The van der Waals surface area contributed by atoms with E-state index in [0.717, 1.165) is 22.4 Å². The average Bonchev–Trinajstić information content (AvgIpc) is 2.41. The van der Waals surface area contributed by atoms with Gasteiger partial charge < -0.3 is 4.84 Å². The smallest absolute Gasteiger partial charge is 0.259 e. The molecule has 0 saturated carbocycles. The van der Waals surface area contributed by atoms with Gasteiger partial charge in [-0.3, -0.25) is 9.59 Å². The van der Waals surface area contributed by atoms with Gasteiger partial charge in [0.05, 0.1) is 12.1 Å². The third-order valence-electron chi connectivity index (χ3n) is 3.55. The van der Waals surface area contributed by atoms with Crippen molar-refractivity contribution >= 4 is 17.5 Å². The Morgan fingerprint density at radius 1 is 1.30 bits per heavy atom. The average molecular weight is 273 g/mol. The van der Waals surface area contributed by atoms with E-state index in [1.807, 2.05) is 19.1 Å². The van der Waals surface area contributed by atoms with E-state index < -0.39 is 0 Å². The molecular weight excluding hydrogens is 258 g/mol. The van der Waals surface area contributed by atoms with Crippen LogP contribution in [0.2, 0.25) is 0 Å². The summed E-state index contributed by atoms with van der Waals surface area (Å²) in [7, 11) is 1.61. The summed E-state index contributed by atoms with van der Waals surface area (Å²) in [6.45, 7) is 1.97. The highest BCUT2D eigenvalue weighted by Gasteiger charge is 2.24. The van der Waals surface area contributed by atoms with Crippen LogP contribution in [0.15, 0.2) is 17.2 Å². The zero-order valence-electron chi connectivity index (χ0n) is 11.4. The molecule has 0 spiro atoms. The van der Waals surface area contributed by atoms with Crippen molar-refractivity contribution in [3.8, 4) is 5.75 Å². The Morgan fingerprint density at radius 3 is 2.80 bits per heavy atom. The summed E-state index contributed by atoms with van der Waals surface area (Å²) in [5.41, 5.74) is 6.17. The van der Waals surface area contributed by atoms with Gasteiger partial charge in [0.15, 0.2) is 5.75 Å². The van der Waals surface area contributed by atoms with Crippen LogP contribution in [0, 0.1) is 6.92 Å². The highest BCUT2D eigenvalue weighted by atomic mass is 16.7. The zero-order valence-corrected chi connectivity index (χ0v) is 11.4. The Labute approximate surface area is 116 Å². The van der Waals surface area contributed by atoms with Crippen LogP contribution in [0.1, 0.15) is 29.5 Å². The zero-order chi connectivity index (χ0) is 14.3. The number of amides is 2. The molecule has 0 atom stereocenters. The normalized spacial score (nSPS) is 18.1. The van der Waals surface area contributed by atoms with E-state index in [0.29, 0.717) is 25.0 Å². The number of likely N-dealkylation sites (N-methyl/N-ethyl adjacent to an activating group) is 1. The largest absolute Gasteiger partial charge is 0.377 e. The molecule has 0 unspecified atom stereocenters. The van der Waals surface area contributed by atoms with Gasteiger partial charge in [-0.15, -0.1) is 0 Å². The second-order valence-corrected chi connectivity index (χ2v) is 5.03. The van der Waals surface area contributed by atoms with Crippen LogP contribution < -0.4 is 10.3 Å². The van der Waals surface area contributed by atoms with Crippen molar-refractivity contribution in [1.82, 2.24) is 10.5 Å². The first-order valence-electron chi connectivity index (χ1n) is 6.48. The number of nitrogens with zero attached hydrogens (tertiary/aromatic N) is 2. The quantitative estimate of drug-likeness (QED) is 0.827. The van der Waals surface area contributed by atoms with E-state index in [-0.39, 0.29) is 11.8 Å². The second kappa shape index (κ2) is 4.63. The molecule has 6 heteroatoms. The molecule has 2 heterocycles. The molecule has 0 radical (unpaired) electrons. The summed E-state index contributed by atoms with van der Waals surface area (Å²) >= 11 is 0. The summed E-state index contributed by atoms with van der Waals surface area (Å²) in [6.07, 6.45) is 1.37. The fraction of sp³-hybridized carbons (Fsp3) is 0.357. The third-order valence-corrected chi connectivity index (χ3v) is 3.55. The first-order chi connectivity index (χ1) is 9.54. The number of benzene rings is 1. The Bertz CT molecular complexity index is 637. The maximum Gasteiger partial charge on any atom is 0.259 e. The molecule has 20 heavy (non-hydrogen) atoms. The first-order valence-corrected chi connectivity index (χ1v) is 6.48. The van der Waals surface area contributed by atoms with E-state index in [1.54, 1.807) is 7.05 Å². The minimum atomic E-state index is -0.0776. The number of aryl methyl sites for hydroxylation is 1. The lowest BCUT2D eigenvalue weighted by Gasteiger charge is -2.26. The maximum absolute atomic E-state index is 11.7. The second-order valence-electron chi connectivity index (χ2n) is 5.03. The van der Waals surface area contributed by atoms with Crippen LogP contribution in [0.3, 0.4) is 0 Å². The molecule has 3 rings (SSSR count). The van der Waals surface area contributed by atoms with E-state index >= 15 is 0 Å². The van der Waals surface area contributed by atoms with Crippen molar-refractivity contribution in [2.75, 3.05) is 7.05 Å². The van der Waals surface area contributed by atoms with Crippen molar-refractivity contribution in [1.29, 1.82) is 0 Å². The van der Waals surface area contributed by atoms with Gasteiger partial charge in [-0.25, -0.2) is 5.43 Å². The summed E-state index contributed by atoms with van der Waals surface area (Å²) in [6, 6.07) is 3.85. The topological polar surface area (TPSA) is 71.0 Å². The van der Waals surface area contributed by atoms with Gasteiger partial charge >= 0.3 is 0 Å². The fourth-order valence-corrected chi connectivity index (χ4v) is 2.40. The highest BCUT2D eigenvalue weighted by molar-refractivity contribution is 6.05. The van der Waals surface area contributed by atoms with E-state index in [4.69, 9.17) is 4.84 Å². The maximum atomic E-state index is 11.7. The van der Waals surface area contributed by atoms with E-state index in [2.05, 4.69) is 10.5 Å². The van der Waals surface area contributed by atoms with Crippen molar-refractivity contribution in [3.05, 3.63) is 28.8 Å². The molecule has 0 aromatic heterocycles. The SMILES string of the molecule is Cc1cc2c(cc1C1=NNC(=O)CC1)CC(=O)N(C)O2. The van der Waals surface area contributed by atoms with Crippen LogP contribution in [0.5, 0.6) is 5.75 Å². The molecule has 1 aromatic carbocycles. The van der Waals surface area contributed by atoms with Crippen molar-refractivity contribution in [2.24, 2.45) is 5.10 Å². The number of fused-ring (bicyclic) bond motifs is 1. The Morgan fingerprint density at radius 2 is 2.10 bits per heavy atom. The lowest BCUT2D eigenvalue weighted by atomic mass is 9.95. The standard InChI is InChI=1S/C14H15N3O3/c1-8-5-12-9(7-14(19)17(2)20-12)6-10(8)11-3-4-13(18)16-15-11/h5-6H,3-4,7H2,1-2H3,(H,16,18). The highest BCUT2D eigenvalue weighted by Crippen LogP contribution is 2.29. The van der Waals surface area contributed by atoms with Gasteiger partial charge in [0.1, 0.15) is 0 Å². The number of hydroxylamine groups is 2. The first kappa shape index (κ1) is 12.7. The molecule has 0 bridgehead atoms. The Balaban J connectivity index is 2.00. The molecule has 1 aromatic rings. The van der Waals surface area contributed by atoms with Gasteiger partial charge in [0, 0.05) is 31.0 Å². The number of hydrogen-bond acceptors (Lipinski definition) is 4. The summed E-state index contributed by atoms with van der Waals surface area (Å²) < 4.78 is 0. The molecule has 2 aliphatic rings. The van der Waals surface area contributed by atoms with Gasteiger partial charge in [-0.1, -0.05) is 0 Å². The molecule has 0 fully saturated rings. The minimum Gasteiger partial charge on any atom is -0.377 e. The molecule has 1 N–H and O–H groups in total.